The van der Waals surface area contributed by atoms with Crippen LogP contribution in [0.1, 0.15) is 18.7 Å². The second-order valence-electron chi connectivity index (χ2n) is 6.20. The molecule has 1 fully saturated rings. The zero-order valence-corrected chi connectivity index (χ0v) is 17.2. The highest BCUT2D eigenvalue weighted by Gasteiger charge is 2.31. The molecule has 0 radical (unpaired) electrons. The average molecular weight is 429 g/mol. The molecule has 1 unspecified atom stereocenters. The van der Waals surface area contributed by atoms with Gasteiger partial charge in [0.1, 0.15) is 4.21 Å². The summed E-state index contributed by atoms with van der Waals surface area (Å²) >= 11 is 6.89. The summed E-state index contributed by atoms with van der Waals surface area (Å²) in [4.78, 5) is 18.4. The molecule has 1 atom stereocenters. The van der Waals surface area contributed by atoms with Crippen molar-refractivity contribution in [1.82, 2.24) is 19.5 Å². The van der Waals surface area contributed by atoms with Crippen molar-refractivity contribution in [2.75, 3.05) is 32.7 Å². The number of hydrogen-bond donors (Lipinski definition) is 1. The molecule has 1 aliphatic heterocycles. The Labute approximate surface area is 168 Å². The van der Waals surface area contributed by atoms with E-state index in [1.807, 2.05) is 25.1 Å². The standard InChI is InChI=1S/C17H21ClN4O3S2/c1-13(14-4-2-3-7-19-14)20-12-16(23)21-8-10-22(11-9-21)27(24,25)17-6-5-15(18)26-17/h2-7,13,20H,8-12H2,1H3. The Balaban J connectivity index is 1.51. The van der Waals surface area contributed by atoms with Crippen LogP contribution in [0.5, 0.6) is 0 Å². The quantitative estimate of drug-likeness (QED) is 0.760. The summed E-state index contributed by atoms with van der Waals surface area (Å²) in [6.07, 6.45) is 1.72. The van der Waals surface area contributed by atoms with Crippen molar-refractivity contribution in [1.29, 1.82) is 0 Å². The zero-order valence-electron chi connectivity index (χ0n) is 14.8. The summed E-state index contributed by atoms with van der Waals surface area (Å²) in [6, 6.07) is 8.71. The van der Waals surface area contributed by atoms with Gasteiger partial charge in [0.15, 0.2) is 0 Å². The van der Waals surface area contributed by atoms with Crippen molar-refractivity contribution >= 4 is 38.9 Å². The summed E-state index contributed by atoms with van der Waals surface area (Å²) in [7, 11) is -3.55. The predicted octanol–water partition coefficient (Wildman–Crippen LogP) is 1.98. The van der Waals surface area contributed by atoms with Crippen LogP contribution in [0, 0.1) is 0 Å². The number of aromatic nitrogens is 1. The van der Waals surface area contributed by atoms with E-state index in [-0.39, 0.29) is 35.8 Å². The van der Waals surface area contributed by atoms with Gasteiger partial charge < -0.3 is 10.2 Å². The number of rotatable bonds is 6. The molecule has 1 aliphatic rings. The number of carbonyl (C=O) groups excluding carboxylic acids is 1. The van der Waals surface area contributed by atoms with Crippen molar-refractivity contribution in [3.05, 3.63) is 46.6 Å². The van der Waals surface area contributed by atoms with E-state index in [9.17, 15) is 13.2 Å². The van der Waals surface area contributed by atoms with Gasteiger partial charge in [-0.3, -0.25) is 9.78 Å². The minimum absolute atomic E-state index is 0.0413. The molecule has 0 aliphatic carbocycles. The van der Waals surface area contributed by atoms with Gasteiger partial charge in [-0.15, -0.1) is 11.3 Å². The molecule has 0 saturated carbocycles. The highest BCUT2D eigenvalue weighted by atomic mass is 35.5. The summed E-state index contributed by atoms with van der Waals surface area (Å²) in [5.74, 6) is -0.0472. The van der Waals surface area contributed by atoms with Crippen LogP contribution in [0.15, 0.2) is 40.7 Å². The predicted molar refractivity (Wildman–Crippen MR) is 105 cm³/mol. The molecular weight excluding hydrogens is 408 g/mol. The van der Waals surface area contributed by atoms with Crippen LogP contribution in [0.2, 0.25) is 4.34 Å². The van der Waals surface area contributed by atoms with E-state index < -0.39 is 10.0 Å². The van der Waals surface area contributed by atoms with Crippen molar-refractivity contribution in [2.24, 2.45) is 0 Å². The Hall–Kier alpha value is -1.52. The fraction of sp³-hybridized carbons (Fsp3) is 0.412. The van der Waals surface area contributed by atoms with Gasteiger partial charge in [-0.05, 0) is 31.2 Å². The van der Waals surface area contributed by atoms with Crippen molar-refractivity contribution in [2.45, 2.75) is 17.2 Å². The number of nitrogens with one attached hydrogen (secondary N) is 1. The van der Waals surface area contributed by atoms with Gasteiger partial charge in [0.25, 0.3) is 10.0 Å². The van der Waals surface area contributed by atoms with Crippen LogP contribution >= 0.6 is 22.9 Å². The first-order chi connectivity index (χ1) is 12.9. The van der Waals surface area contributed by atoms with E-state index in [1.165, 1.54) is 10.4 Å². The highest BCUT2D eigenvalue weighted by Crippen LogP contribution is 2.28. The van der Waals surface area contributed by atoms with Crippen LogP contribution < -0.4 is 5.32 Å². The number of hydrogen-bond acceptors (Lipinski definition) is 6. The van der Waals surface area contributed by atoms with Crippen LogP contribution in [0.3, 0.4) is 0 Å². The number of halogens is 1. The smallest absolute Gasteiger partial charge is 0.252 e. The summed E-state index contributed by atoms with van der Waals surface area (Å²) < 4.78 is 27.3. The van der Waals surface area contributed by atoms with Gasteiger partial charge in [-0.25, -0.2) is 8.42 Å². The molecular formula is C17H21ClN4O3S2. The molecule has 2 aromatic rings. The van der Waals surface area contributed by atoms with Gasteiger partial charge in [-0.2, -0.15) is 4.31 Å². The first kappa shape index (κ1) is 20.2. The molecule has 27 heavy (non-hydrogen) atoms. The van der Waals surface area contributed by atoms with Crippen molar-refractivity contribution < 1.29 is 13.2 Å². The van der Waals surface area contributed by atoms with Crippen LogP contribution in [-0.2, 0) is 14.8 Å². The number of thiophene rings is 1. The molecule has 0 spiro atoms. The number of amides is 1. The monoisotopic (exact) mass is 428 g/mol. The maximum absolute atomic E-state index is 12.6. The Bertz CT molecular complexity index is 881. The lowest BCUT2D eigenvalue weighted by Gasteiger charge is -2.34. The Morgan fingerprint density at radius 1 is 1.26 bits per heavy atom. The van der Waals surface area contributed by atoms with Gasteiger partial charge >= 0.3 is 0 Å². The fourth-order valence-corrected chi connectivity index (χ4v) is 5.89. The Kier molecular flexibility index (Phi) is 6.48. The van der Waals surface area contributed by atoms with Crippen molar-refractivity contribution in [3.63, 3.8) is 0 Å². The second kappa shape index (κ2) is 8.66. The molecule has 7 nitrogen and oxygen atoms in total. The van der Waals surface area contributed by atoms with E-state index in [4.69, 9.17) is 11.6 Å². The van der Waals surface area contributed by atoms with E-state index in [1.54, 1.807) is 17.2 Å². The molecule has 2 aromatic heterocycles. The maximum atomic E-state index is 12.6. The molecule has 0 bridgehead atoms. The first-order valence-corrected chi connectivity index (χ1v) is 11.2. The van der Waals surface area contributed by atoms with Crippen LogP contribution in [-0.4, -0.2) is 61.2 Å². The number of piperazine rings is 1. The summed E-state index contributed by atoms with van der Waals surface area (Å²) in [5, 5.41) is 3.17. The third-order valence-electron chi connectivity index (χ3n) is 4.42. The maximum Gasteiger partial charge on any atom is 0.252 e. The number of nitrogens with zero attached hydrogens (tertiary/aromatic N) is 3. The van der Waals surface area contributed by atoms with E-state index in [0.29, 0.717) is 17.4 Å². The third-order valence-corrected chi connectivity index (χ3v) is 8.02. The topological polar surface area (TPSA) is 82.6 Å². The number of pyridine rings is 1. The van der Waals surface area contributed by atoms with E-state index >= 15 is 0 Å². The molecule has 10 heteroatoms. The Morgan fingerprint density at radius 2 is 2.00 bits per heavy atom. The number of sulfonamides is 1. The molecule has 1 saturated heterocycles. The number of carbonyl (C=O) groups is 1. The molecule has 1 amide bonds. The van der Waals surface area contributed by atoms with Gasteiger partial charge in [0.05, 0.1) is 16.6 Å². The fourth-order valence-electron chi connectivity index (χ4n) is 2.83. The lowest BCUT2D eigenvalue weighted by molar-refractivity contribution is -0.131. The zero-order chi connectivity index (χ0) is 19.4. The van der Waals surface area contributed by atoms with Crippen LogP contribution in [0.4, 0.5) is 0 Å². The van der Waals surface area contributed by atoms with E-state index in [2.05, 4.69) is 10.3 Å². The third kappa shape index (κ3) is 4.85. The minimum atomic E-state index is -3.55. The Morgan fingerprint density at radius 3 is 2.59 bits per heavy atom. The summed E-state index contributed by atoms with van der Waals surface area (Å²) in [5.41, 5.74) is 0.871. The molecule has 1 N–H and O–H groups in total. The molecule has 146 valence electrons. The van der Waals surface area contributed by atoms with Gasteiger partial charge in [0.2, 0.25) is 5.91 Å². The largest absolute Gasteiger partial charge is 0.339 e. The van der Waals surface area contributed by atoms with Crippen LogP contribution in [0.25, 0.3) is 0 Å². The molecule has 0 aromatic carbocycles. The second-order valence-corrected chi connectivity index (χ2v) is 10.1. The van der Waals surface area contributed by atoms with E-state index in [0.717, 1.165) is 17.0 Å². The first-order valence-electron chi connectivity index (χ1n) is 8.55. The minimum Gasteiger partial charge on any atom is -0.339 e. The molecule has 3 rings (SSSR count). The SMILES string of the molecule is CC(NCC(=O)N1CCN(S(=O)(=O)c2ccc(Cl)s2)CC1)c1ccccn1. The normalized spacial score (nSPS) is 17.0. The lowest BCUT2D eigenvalue weighted by atomic mass is 10.2. The van der Waals surface area contributed by atoms with Gasteiger partial charge in [0, 0.05) is 38.4 Å². The average Bonchev–Trinajstić information content (AvgIpc) is 3.14. The molecule has 3 heterocycles. The van der Waals surface area contributed by atoms with Crippen molar-refractivity contribution in [3.8, 4) is 0 Å². The highest BCUT2D eigenvalue weighted by molar-refractivity contribution is 7.91. The lowest BCUT2D eigenvalue weighted by Crippen LogP contribution is -2.52. The van der Waals surface area contributed by atoms with Gasteiger partial charge in [-0.1, -0.05) is 17.7 Å². The summed E-state index contributed by atoms with van der Waals surface area (Å²) in [6.45, 7) is 3.43.